The van der Waals surface area contributed by atoms with Crippen LogP contribution in [0.3, 0.4) is 0 Å². The Morgan fingerprint density at radius 3 is 2.71 bits per heavy atom. The van der Waals surface area contributed by atoms with Gasteiger partial charge in [0.25, 0.3) is 0 Å². The van der Waals surface area contributed by atoms with Crippen LogP contribution in [0, 0.1) is 5.92 Å². The number of likely N-dealkylation sites (tertiary alicyclic amines) is 1. The van der Waals surface area contributed by atoms with E-state index in [2.05, 4.69) is 39.9 Å². The van der Waals surface area contributed by atoms with Gasteiger partial charge in [0.1, 0.15) is 0 Å². The number of hydrogen-bond acceptors (Lipinski definition) is 3. The first kappa shape index (κ1) is 13.7. The monoisotopic (exact) mass is 300 g/mol. The third-order valence-corrected chi connectivity index (χ3v) is 5.95. The van der Waals surface area contributed by atoms with Gasteiger partial charge in [-0.15, -0.1) is 11.3 Å². The van der Waals surface area contributed by atoms with Crippen molar-refractivity contribution in [1.29, 1.82) is 0 Å². The molecule has 3 heteroatoms. The summed E-state index contributed by atoms with van der Waals surface area (Å²) in [5, 5.41) is 7.50. The van der Waals surface area contributed by atoms with Crippen molar-refractivity contribution in [3.05, 3.63) is 35.2 Å². The topological polar surface area (TPSA) is 15.3 Å². The molecule has 1 saturated carbocycles. The fourth-order valence-electron chi connectivity index (χ4n) is 3.37. The number of nitrogens with zero attached hydrogens (tertiary/aromatic N) is 1. The molecule has 2 nitrogen and oxygen atoms in total. The molecule has 1 aliphatic heterocycles. The van der Waals surface area contributed by atoms with Crippen LogP contribution in [0.1, 0.15) is 31.2 Å². The maximum Gasteiger partial charge on any atom is 0.0346 e. The van der Waals surface area contributed by atoms with Crippen molar-refractivity contribution in [2.75, 3.05) is 19.6 Å². The highest BCUT2D eigenvalue weighted by Gasteiger charge is 2.24. The van der Waals surface area contributed by atoms with E-state index < -0.39 is 0 Å². The number of benzene rings is 1. The molecule has 112 valence electrons. The lowest BCUT2D eigenvalue weighted by molar-refractivity contribution is 0.176. The summed E-state index contributed by atoms with van der Waals surface area (Å²) in [6.07, 6.45) is 5.54. The molecule has 21 heavy (non-hydrogen) atoms. The summed E-state index contributed by atoms with van der Waals surface area (Å²) in [4.78, 5) is 2.64. The third-order valence-electron chi connectivity index (χ3n) is 4.93. The minimum absolute atomic E-state index is 0.861. The molecule has 0 bridgehead atoms. The quantitative estimate of drug-likeness (QED) is 0.902. The molecule has 1 aromatic carbocycles. The number of fused-ring (bicyclic) bond motifs is 1. The number of thiophene rings is 1. The van der Waals surface area contributed by atoms with Gasteiger partial charge < -0.3 is 5.32 Å². The average Bonchev–Trinajstić information content (AvgIpc) is 3.28. The summed E-state index contributed by atoms with van der Waals surface area (Å²) in [5.41, 5.74) is 1.52. The van der Waals surface area contributed by atoms with Crippen LogP contribution in [0.2, 0.25) is 0 Å². The maximum atomic E-state index is 3.69. The van der Waals surface area contributed by atoms with Crippen LogP contribution in [0.4, 0.5) is 0 Å². The molecule has 0 spiro atoms. The van der Waals surface area contributed by atoms with Gasteiger partial charge in [-0.05, 0) is 73.6 Å². The molecule has 0 unspecified atom stereocenters. The normalized spacial score (nSPS) is 21.1. The van der Waals surface area contributed by atoms with E-state index in [1.165, 1.54) is 61.0 Å². The van der Waals surface area contributed by atoms with Gasteiger partial charge in [-0.25, -0.2) is 0 Å². The first-order chi connectivity index (χ1) is 10.4. The first-order valence-corrected chi connectivity index (χ1v) is 9.17. The van der Waals surface area contributed by atoms with Crippen molar-refractivity contribution in [2.45, 2.75) is 38.3 Å². The highest BCUT2D eigenvalue weighted by atomic mass is 32.1. The minimum Gasteiger partial charge on any atom is -0.314 e. The van der Waals surface area contributed by atoms with E-state index in [4.69, 9.17) is 0 Å². The summed E-state index contributed by atoms with van der Waals surface area (Å²) in [7, 11) is 0. The lowest BCUT2D eigenvalue weighted by atomic mass is 9.96. The molecule has 2 aromatic rings. The fourth-order valence-corrected chi connectivity index (χ4v) is 4.32. The zero-order valence-electron chi connectivity index (χ0n) is 12.6. The molecule has 1 N–H and O–H groups in total. The second-order valence-corrected chi connectivity index (χ2v) is 7.57. The highest BCUT2D eigenvalue weighted by molar-refractivity contribution is 7.17. The molecule has 4 rings (SSSR count). The number of rotatable bonds is 5. The van der Waals surface area contributed by atoms with E-state index in [0.29, 0.717) is 0 Å². The standard InChI is InChI=1S/C18H24N2S/c1-2-4-18-17(3-1)15(13-21-18)12-20-9-7-14(8-10-20)11-19-16-5-6-16/h1-4,13-14,16,19H,5-12H2. The van der Waals surface area contributed by atoms with Gasteiger partial charge in [0.05, 0.1) is 0 Å². The molecule has 2 heterocycles. The summed E-state index contributed by atoms with van der Waals surface area (Å²) < 4.78 is 1.43. The number of hydrogen-bond donors (Lipinski definition) is 1. The Morgan fingerprint density at radius 1 is 1.10 bits per heavy atom. The number of nitrogens with one attached hydrogen (secondary N) is 1. The van der Waals surface area contributed by atoms with Crippen molar-refractivity contribution in [2.24, 2.45) is 5.92 Å². The van der Waals surface area contributed by atoms with Crippen LogP contribution in [0.25, 0.3) is 10.1 Å². The Labute approximate surface area is 131 Å². The van der Waals surface area contributed by atoms with Crippen LogP contribution in [-0.2, 0) is 6.54 Å². The molecule has 0 atom stereocenters. The molecule has 0 radical (unpaired) electrons. The molecular weight excluding hydrogens is 276 g/mol. The van der Waals surface area contributed by atoms with Crippen LogP contribution < -0.4 is 5.32 Å². The Morgan fingerprint density at radius 2 is 1.90 bits per heavy atom. The second-order valence-electron chi connectivity index (χ2n) is 6.66. The van der Waals surface area contributed by atoms with Gasteiger partial charge in [0.15, 0.2) is 0 Å². The van der Waals surface area contributed by atoms with Gasteiger partial charge in [-0.1, -0.05) is 18.2 Å². The maximum absolute atomic E-state index is 3.69. The lowest BCUT2D eigenvalue weighted by Gasteiger charge is -2.32. The smallest absolute Gasteiger partial charge is 0.0346 e. The molecular formula is C18H24N2S. The number of piperidine rings is 1. The molecule has 1 aromatic heterocycles. The van der Waals surface area contributed by atoms with Crippen LogP contribution in [0.15, 0.2) is 29.6 Å². The van der Waals surface area contributed by atoms with E-state index in [9.17, 15) is 0 Å². The molecule has 0 amide bonds. The van der Waals surface area contributed by atoms with Gasteiger partial charge in [0.2, 0.25) is 0 Å². The Balaban J connectivity index is 1.31. The highest BCUT2D eigenvalue weighted by Crippen LogP contribution is 2.28. The largest absolute Gasteiger partial charge is 0.314 e. The zero-order chi connectivity index (χ0) is 14.1. The van der Waals surface area contributed by atoms with Gasteiger partial charge in [-0.3, -0.25) is 4.90 Å². The molecule has 2 aliphatic rings. The average molecular weight is 300 g/mol. The molecule has 1 saturated heterocycles. The first-order valence-electron chi connectivity index (χ1n) is 8.29. The SMILES string of the molecule is c1ccc2c(CN3CCC(CNC4CC4)CC3)csc2c1. The fraction of sp³-hybridized carbons (Fsp3) is 0.556. The van der Waals surface area contributed by atoms with Gasteiger partial charge >= 0.3 is 0 Å². The molecule has 1 aliphatic carbocycles. The van der Waals surface area contributed by atoms with Crippen LogP contribution in [-0.4, -0.2) is 30.6 Å². The Kier molecular flexibility index (Phi) is 3.97. The van der Waals surface area contributed by atoms with Crippen LogP contribution in [0.5, 0.6) is 0 Å². The minimum atomic E-state index is 0.861. The van der Waals surface area contributed by atoms with Gasteiger partial charge in [-0.2, -0.15) is 0 Å². The van der Waals surface area contributed by atoms with Crippen molar-refractivity contribution < 1.29 is 0 Å². The third kappa shape index (κ3) is 3.31. The summed E-state index contributed by atoms with van der Waals surface area (Å²) >= 11 is 1.88. The Bertz CT molecular complexity index is 594. The van der Waals surface area contributed by atoms with E-state index in [0.717, 1.165) is 18.5 Å². The predicted octanol–water partition coefficient (Wildman–Crippen LogP) is 3.87. The molecule has 2 fully saturated rings. The van der Waals surface area contributed by atoms with E-state index in [1.807, 2.05) is 11.3 Å². The van der Waals surface area contributed by atoms with Crippen molar-refractivity contribution in [3.8, 4) is 0 Å². The van der Waals surface area contributed by atoms with E-state index >= 15 is 0 Å². The van der Waals surface area contributed by atoms with Crippen LogP contribution >= 0.6 is 11.3 Å². The summed E-state index contributed by atoms with van der Waals surface area (Å²) in [5.74, 6) is 0.904. The lowest BCUT2D eigenvalue weighted by Crippen LogP contribution is -2.37. The second kappa shape index (κ2) is 6.07. The van der Waals surface area contributed by atoms with Gasteiger partial charge in [0, 0.05) is 17.3 Å². The van der Waals surface area contributed by atoms with Crippen molar-refractivity contribution >= 4 is 21.4 Å². The van der Waals surface area contributed by atoms with E-state index in [1.54, 1.807) is 0 Å². The van der Waals surface area contributed by atoms with E-state index in [-0.39, 0.29) is 0 Å². The summed E-state index contributed by atoms with van der Waals surface area (Å²) in [6.45, 7) is 4.91. The predicted molar refractivity (Wildman–Crippen MR) is 90.9 cm³/mol. The zero-order valence-corrected chi connectivity index (χ0v) is 13.4. The Hall–Kier alpha value is -0.900. The summed E-state index contributed by atoms with van der Waals surface area (Å²) in [6, 6.07) is 9.67. The van der Waals surface area contributed by atoms with Crippen molar-refractivity contribution in [3.63, 3.8) is 0 Å². The van der Waals surface area contributed by atoms with Crippen molar-refractivity contribution in [1.82, 2.24) is 10.2 Å².